The molecular formula is C20H24N4O3. The number of benzene rings is 1. The van der Waals surface area contributed by atoms with Gasteiger partial charge >= 0.3 is 0 Å². The average Bonchev–Trinajstić information content (AvgIpc) is 2.66. The number of ether oxygens (including phenoxy) is 1. The number of carbonyl (C=O) groups excluding carboxylic acids is 2. The second-order valence-electron chi connectivity index (χ2n) is 7.22. The number of nitrogens with zero attached hydrogens (tertiary/aromatic N) is 4. The summed E-state index contributed by atoms with van der Waals surface area (Å²) in [7, 11) is 0. The van der Waals surface area contributed by atoms with Crippen LogP contribution in [0.4, 0.5) is 0 Å². The van der Waals surface area contributed by atoms with Crippen molar-refractivity contribution in [1.82, 2.24) is 19.8 Å². The minimum absolute atomic E-state index is 0.0230. The molecule has 7 nitrogen and oxygen atoms in total. The van der Waals surface area contributed by atoms with Gasteiger partial charge in [-0.3, -0.25) is 9.59 Å². The van der Waals surface area contributed by atoms with Gasteiger partial charge in [-0.25, -0.2) is 9.97 Å². The molecule has 2 heterocycles. The fourth-order valence-corrected chi connectivity index (χ4v) is 3.17. The molecule has 3 rings (SSSR count). The summed E-state index contributed by atoms with van der Waals surface area (Å²) < 4.78 is 5.61. The molecule has 1 aliphatic rings. The van der Waals surface area contributed by atoms with E-state index >= 15 is 0 Å². The molecule has 0 radical (unpaired) electrons. The van der Waals surface area contributed by atoms with Gasteiger partial charge in [-0.2, -0.15) is 0 Å². The van der Waals surface area contributed by atoms with Gasteiger partial charge in [-0.15, -0.1) is 0 Å². The molecule has 0 spiro atoms. The zero-order valence-corrected chi connectivity index (χ0v) is 15.9. The highest BCUT2D eigenvalue weighted by Gasteiger charge is 2.38. The summed E-state index contributed by atoms with van der Waals surface area (Å²) in [4.78, 5) is 36.4. The molecular weight excluding hydrogens is 344 g/mol. The van der Waals surface area contributed by atoms with Crippen LogP contribution in [-0.2, 0) is 11.4 Å². The van der Waals surface area contributed by atoms with Gasteiger partial charge in [-0.1, -0.05) is 30.3 Å². The van der Waals surface area contributed by atoms with E-state index in [0.29, 0.717) is 32.1 Å². The second-order valence-corrected chi connectivity index (χ2v) is 7.22. The summed E-state index contributed by atoms with van der Waals surface area (Å²) in [6.45, 7) is 7.33. The van der Waals surface area contributed by atoms with Crippen LogP contribution in [0.3, 0.4) is 0 Å². The van der Waals surface area contributed by atoms with E-state index in [0.717, 1.165) is 5.56 Å². The molecule has 0 unspecified atom stereocenters. The molecule has 1 saturated heterocycles. The highest BCUT2D eigenvalue weighted by molar-refractivity contribution is 5.92. The number of amides is 2. The Bertz CT molecular complexity index is 806. The quantitative estimate of drug-likeness (QED) is 0.826. The summed E-state index contributed by atoms with van der Waals surface area (Å²) in [5.74, 6) is 0.205. The number of hydrogen-bond donors (Lipinski definition) is 0. The van der Waals surface area contributed by atoms with Crippen LogP contribution in [0.25, 0.3) is 0 Å². The van der Waals surface area contributed by atoms with Gasteiger partial charge in [0.1, 0.15) is 12.3 Å². The van der Waals surface area contributed by atoms with Crippen LogP contribution in [0.1, 0.15) is 36.8 Å². The van der Waals surface area contributed by atoms with E-state index in [1.54, 1.807) is 16.7 Å². The minimum atomic E-state index is -0.467. The van der Waals surface area contributed by atoms with Crippen LogP contribution in [0.2, 0.25) is 0 Å². The van der Waals surface area contributed by atoms with Gasteiger partial charge in [0.15, 0.2) is 0 Å². The predicted molar refractivity (Wildman–Crippen MR) is 100 cm³/mol. The number of hydrogen-bond acceptors (Lipinski definition) is 5. The van der Waals surface area contributed by atoms with Gasteiger partial charge in [-0.05, 0) is 19.4 Å². The van der Waals surface area contributed by atoms with Gasteiger partial charge in [0.25, 0.3) is 5.91 Å². The molecule has 1 aliphatic heterocycles. The summed E-state index contributed by atoms with van der Waals surface area (Å²) in [5, 5.41) is 0. The van der Waals surface area contributed by atoms with E-state index in [2.05, 4.69) is 9.97 Å². The number of rotatable bonds is 4. The maximum absolute atomic E-state index is 12.9. The third-order valence-corrected chi connectivity index (χ3v) is 4.67. The van der Waals surface area contributed by atoms with E-state index in [1.165, 1.54) is 12.4 Å². The maximum atomic E-state index is 12.9. The Labute approximate surface area is 159 Å². The lowest BCUT2D eigenvalue weighted by atomic mass is 9.98. The summed E-state index contributed by atoms with van der Waals surface area (Å²) in [6.07, 6.45) is 2.91. The molecule has 7 heteroatoms. The smallest absolute Gasteiger partial charge is 0.274 e. The Kier molecular flexibility index (Phi) is 5.39. The van der Waals surface area contributed by atoms with E-state index < -0.39 is 5.54 Å². The first-order chi connectivity index (χ1) is 12.9. The van der Waals surface area contributed by atoms with Crippen molar-refractivity contribution >= 4 is 11.8 Å². The topological polar surface area (TPSA) is 75.6 Å². The van der Waals surface area contributed by atoms with Crippen LogP contribution in [0.15, 0.2) is 42.7 Å². The SMILES string of the molecule is CC(=O)N1CCN(C(=O)c2cnc(OCc3ccccc3)cn2)C(C)(C)C1. The van der Waals surface area contributed by atoms with Crippen molar-refractivity contribution in [2.24, 2.45) is 0 Å². The monoisotopic (exact) mass is 368 g/mol. The summed E-state index contributed by atoms with van der Waals surface area (Å²) >= 11 is 0. The van der Waals surface area contributed by atoms with Gasteiger partial charge in [0.05, 0.1) is 17.9 Å². The Morgan fingerprint density at radius 3 is 2.44 bits per heavy atom. The van der Waals surface area contributed by atoms with Gasteiger partial charge in [0.2, 0.25) is 11.8 Å². The lowest BCUT2D eigenvalue weighted by Gasteiger charge is -2.46. The fraction of sp³-hybridized carbons (Fsp3) is 0.400. The zero-order chi connectivity index (χ0) is 19.4. The highest BCUT2D eigenvalue weighted by atomic mass is 16.5. The molecule has 0 atom stereocenters. The van der Waals surface area contributed by atoms with Gasteiger partial charge < -0.3 is 14.5 Å². The Balaban J connectivity index is 1.64. The first-order valence-corrected chi connectivity index (χ1v) is 8.93. The third-order valence-electron chi connectivity index (χ3n) is 4.67. The summed E-state index contributed by atoms with van der Waals surface area (Å²) in [5.41, 5.74) is 0.835. The Morgan fingerprint density at radius 1 is 1.11 bits per heavy atom. The highest BCUT2D eigenvalue weighted by Crippen LogP contribution is 2.23. The van der Waals surface area contributed by atoms with Crippen LogP contribution in [-0.4, -0.2) is 56.8 Å². The lowest BCUT2D eigenvalue weighted by molar-refractivity contribution is -0.133. The van der Waals surface area contributed by atoms with Crippen molar-refractivity contribution in [2.45, 2.75) is 32.9 Å². The Hall–Kier alpha value is -2.96. The van der Waals surface area contributed by atoms with Crippen LogP contribution in [0.5, 0.6) is 5.88 Å². The molecule has 0 aliphatic carbocycles. The van der Waals surface area contributed by atoms with E-state index in [1.807, 2.05) is 44.2 Å². The van der Waals surface area contributed by atoms with Crippen molar-refractivity contribution in [3.63, 3.8) is 0 Å². The summed E-state index contributed by atoms with van der Waals surface area (Å²) in [6, 6.07) is 9.77. The van der Waals surface area contributed by atoms with Crippen LogP contribution >= 0.6 is 0 Å². The molecule has 1 fully saturated rings. The molecule has 27 heavy (non-hydrogen) atoms. The predicted octanol–water partition coefficient (Wildman–Crippen LogP) is 2.14. The molecule has 0 N–H and O–H groups in total. The minimum Gasteiger partial charge on any atom is -0.472 e. The second kappa shape index (κ2) is 7.73. The van der Waals surface area contributed by atoms with Crippen LogP contribution in [0, 0.1) is 0 Å². The van der Waals surface area contributed by atoms with Crippen molar-refractivity contribution in [2.75, 3.05) is 19.6 Å². The molecule has 2 amide bonds. The molecule has 0 bridgehead atoms. The molecule has 2 aromatic rings. The van der Waals surface area contributed by atoms with Crippen molar-refractivity contribution in [3.8, 4) is 5.88 Å². The fourth-order valence-electron chi connectivity index (χ4n) is 3.17. The number of aromatic nitrogens is 2. The van der Waals surface area contributed by atoms with Crippen molar-refractivity contribution in [1.29, 1.82) is 0 Å². The van der Waals surface area contributed by atoms with Crippen molar-refractivity contribution < 1.29 is 14.3 Å². The molecule has 1 aromatic heterocycles. The Morgan fingerprint density at radius 2 is 1.85 bits per heavy atom. The largest absolute Gasteiger partial charge is 0.472 e. The first-order valence-electron chi connectivity index (χ1n) is 8.93. The standard InChI is InChI=1S/C20H24N4O3/c1-15(25)23-9-10-24(20(2,3)14-23)19(26)17-11-22-18(12-21-17)27-13-16-7-5-4-6-8-16/h4-8,11-12H,9-10,13-14H2,1-3H3. The molecule has 0 saturated carbocycles. The van der Waals surface area contributed by atoms with Crippen LogP contribution < -0.4 is 4.74 Å². The van der Waals surface area contributed by atoms with E-state index in [4.69, 9.17) is 4.74 Å². The normalized spacial score (nSPS) is 16.1. The van der Waals surface area contributed by atoms with Gasteiger partial charge in [0, 0.05) is 26.6 Å². The molecule has 142 valence electrons. The first kappa shape index (κ1) is 18.8. The third kappa shape index (κ3) is 4.42. The zero-order valence-electron chi connectivity index (χ0n) is 15.9. The maximum Gasteiger partial charge on any atom is 0.274 e. The number of piperazine rings is 1. The average molecular weight is 368 g/mol. The van der Waals surface area contributed by atoms with E-state index in [-0.39, 0.29) is 17.5 Å². The molecule has 1 aromatic carbocycles. The number of carbonyl (C=O) groups is 2. The van der Waals surface area contributed by atoms with E-state index in [9.17, 15) is 9.59 Å². The lowest BCUT2D eigenvalue weighted by Crippen LogP contribution is -2.61. The van der Waals surface area contributed by atoms with Crippen molar-refractivity contribution in [3.05, 3.63) is 54.0 Å².